The topological polar surface area (TPSA) is 128 Å². The Bertz CT molecular complexity index is 1310. The zero-order chi connectivity index (χ0) is 21.4. The van der Waals surface area contributed by atoms with E-state index in [1.165, 1.54) is 10.7 Å². The summed E-state index contributed by atoms with van der Waals surface area (Å²) in [4.78, 5) is 32.1. The molecule has 0 bridgehead atoms. The summed E-state index contributed by atoms with van der Waals surface area (Å²) in [6.45, 7) is 1.88. The molecule has 3 aromatic heterocycles. The van der Waals surface area contributed by atoms with Gasteiger partial charge in [-0.15, -0.1) is 0 Å². The molecular formula is C21H17N7O3. The van der Waals surface area contributed by atoms with E-state index in [0.29, 0.717) is 17.4 Å². The number of aromatic amines is 1. The minimum atomic E-state index is -0.317. The number of hydrogen-bond donors (Lipinski definition) is 2. The molecule has 1 amide bonds. The van der Waals surface area contributed by atoms with Crippen molar-refractivity contribution in [3.8, 4) is 17.6 Å². The Balaban J connectivity index is 1.55. The summed E-state index contributed by atoms with van der Waals surface area (Å²) in [6, 6.07) is 12.4. The predicted molar refractivity (Wildman–Crippen MR) is 110 cm³/mol. The monoisotopic (exact) mass is 415 g/mol. The van der Waals surface area contributed by atoms with Crippen molar-refractivity contribution in [1.29, 1.82) is 0 Å². The first kappa shape index (κ1) is 18.7. The van der Waals surface area contributed by atoms with E-state index in [4.69, 9.17) is 4.74 Å². The lowest BCUT2D eigenvalue weighted by atomic mass is 9.86. The van der Waals surface area contributed by atoms with E-state index < -0.39 is 0 Å². The number of H-pyrrole nitrogens is 1. The molecule has 5 rings (SSSR count). The first-order valence-electron chi connectivity index (χ1n) is 9.59. The number of ether oxygens (including phenoxy) is 1. The maximum Gasteiger partial charge on any atom is 0.321 e. The average molecular weight is 415 g/mol. The van der Waals surface area contributed by atoms with Gasteiger partial charge in [0.1, 0.15) is 11.6 Å². The van der Waals surface area contributed by atoms with Crippen LogP contribution in [0.15, 0.2) is 59.7 Å². The van der Waals surface area contributed by atoms with Gasteiger partial charge in [-0.25, -0.2) is 15.1 Å². The lowest BCUT2D eigenvalue weighted by Crippen LogP contribution is -2.25. The smallest absolute Gasteiger partial charge is 0.321 e. The van der Waals surface area contributed by atoms with E-state index in [1.54, 1.807) is 24.5 Å². The SMILES string of the molecule is Cc1nn(-c2ccc(=O)[nH]n2)c2c1[C@@H](c1cccc(Oc3ncccn3)c1)CC(=O)N2. The molecular weight excluding hydrogens is 398 g/mol. The number of anilines is 1. The molecule has 10 nitrogen and oxygen atoms in total. The van der Waals surface area contributed by atoms with Crippen LogP contribution >= 0.6 is 0 Å². The standard InChI is InChI=1S/C21H17N7O3/c1-12-19-15(13-4-2-5-14(10-13)31-21-22-8-3-9-23-21)11-18(30)24-20(19)28(27-12)16-6-7-17(29)26-25-16/h2-10,15H,11H2,1H3,(H,24,30)(H,26,29)/t15-/m1/s1. The number of nitrogens with one attached hydrogen (secondary N) is 2. The normalized spacial score (nSPS) is 15.3. The van der Waals surface area contributed by atoms with E-state index >= 15 is 0 Å². The highest BCUT2D eigenvalue weighted by atomic mass is 16.5. The Hall–Kier alpha value is -4.34. The molecule has 10 heteroatoms. The molecule has 1 atom stereocenters. The van der Waals surface area contributed by atoms with Gasteiger partial charge in [0.2, 0.25) is 5.91 Å². The average Bonchev–Trinajstić information content (AvgIpc) is 3.11. The Morgan fingerprint density at radius 3 is 2.71 bits per heavy atom. The van der Waals surface area contributed by atoms with Crippen LogP contribution in [0.2, 0.25) is 0 Å². The van der Waals surface area contributed by atoms with Crippen LogP contribution in [0.4, 0.5) is 5.82 Å². The quantitative estimate of drug-likeness (QED) is 0.523. The summed E-state index contributed by atoms with van der Waals surface area (Å²) in [5.74, 6) is 1.16. The zero-order valence-electron chi connectivity index (χ0n) is 16.4. The van der Waals surface area contributed by atoms with Crippen molar-refractivity contribution in [1.82, 2.24) is 29.9 Å². The molecule has 4 aromatic rings. The van der Waals surface area contributed by atoms with Crippen LogP contribution in [0.1, 0.15) is 29.2 Å². The Kier molecular flexibility index (Phi) is 4.51. The Morgan fingerprint density at radius 2 is 1.94 bits per heavy atom. The van der Waals surface area contributed by atoms with Crippen LogP contribution in [0.3, 0.4) is 0 Å². The van der Waals surface area contributed by atoms with Crippen LogP contribution in [0.25, 0.3) is 5.82 Å². The van der Waals surface area contributed by atoms with Gasteiger partial charge >= 0.3 is 6.01 Å². The molecule has 0 radical (unpaired) electrons. The number of nitrogens with zero attached hydrogens (tertiary/aromatic N) is 5. The molecule has 0 unspecified atom stereocenters. The number of rotatable bonds is 4. The fourth-order valence-electron chi connectivity index (χ4n) is 3.69. The van der Waals surface area contributed by atoms with Gasteiger partial charge in [-0.2, -0.15) is 14.9 Å². The second kappa shape index (κ2) is 7.48. The molecule has 0 saturated carbocycles. The van der Waals surface area contributed by atoms with Gasteiger partial charge in [-0.3, -0.25) is 9.59 Å². The van der Waals surface area contributed by atoms with Crippen LogP contribution in [0, 0.1) is 6.92 Å². The van der Waals surface area contributed by atoms with Crippen molar-refractivity contribution in [2.75, 3.05) is 5.32 Å². The van der Waals surface area contributed by atoms with Gasteiger partial charge in [0.05, 0.1) is 5.69 Å². The molecule has 31 heavy (non-hydrogen) atoms. The summed E-state index contributed by atoms with van der Waals surface area (Å²) in [5.41, 5.74) is 2.23. The van der Waals surface area contributed by atoms with E-state index in [9.17, 15) is 9.59 Å². The van der Waals surface area contributed by atoms with Crippen molar-refractivity contribution < 1.29 is 9.53 Å². The van der Waals surface area contributed by atoms with E-state index in [2.05, 4.69) is 30.6 Å². The van der Waals surface area contributed by atoms with Crippen LogP contribution in [0.5, 0.6) is 11.8 Å². The van der Waals surface area contributed by atoms with Gasteiger partial charge in [0.25, 0.3) is 5.56 Å². The van der Waals surface area contributed by atoms with Gasteiger partial charge < -0.3 is 10.1 Å². The second-order valence-electron chi connectivity index (χ2n) is 7.05. The molecule has 2 N–H and O–H groups in total. The predicted octanol–water partition coefficient (Wildman–Crippen LogP) is 2.32. The van der Waals surface area contributed by atoms with E-state index in [0.717, 1.165) is 16.8 Å². The molecule has 1 aliphatic heterocycles. The van der Waals surface area contributed by atoms with E-state index in [-0.39, 0.29) is 29.8 Å². The first-order chi connectivity index (χ1) is 15.1. The number of benzene rings is 1. The molecule has 4 heterocycles. The molecule has 0 spiro atoms. The molecule has 1 aliphatic rings. The maximum atomic E-state index is 12.6. The number of amides is 1. The number of carbonyl (C=O) groups excluding carboxylic acids is 1. The highest BCUT2D eigenvalue weighted by molar-refractivity contribution is 5.95. The van der Waals surface area contributed by atoms with Crippen molar-refractivity contribution in [2.45, 2.75) is 19.3 Å². The first-order valence-corrected chi connectivity index (χ1v) is 9.59. The third-order valence-corrected chi connectivity index (χ3v) is 5.00. The zero-order valence-corrected chi connectivity index (χ0v) is 16.4. The number of fused-ring (bicyclic) bond motifs is 1. The molecule has 154 valence electrons. The minimum absolute atomic E-state index is 0.138. The summed E-state index contributed by atoms with van der Waals surface area (Å²) >= 11 is 0. The Morgan fingerprint density at radius 1 is 1.10 bits per heavy atom. The van der Waals surface area contributed by atoms with Crippen LogP contribution in [-0.4, -0.2) is 35.9 Å². The third kappa shape index (κ3) is 3.54. The highest BCUT2D eigenvalue weighted by Gasteiger charge is 2.33. The van der Waals surface area contributed by atoms with Gasteiger partial charge in [-0.1, -0.05) is 12.1 Å². The van der Waals surface area contributed by atoms with Crippen molar-refractivity contribution in [3.05, 3.63) is 82.0 Å². The van der Waals surface area contributed by atoms with Crippen molar-refractivity contribution in [2.24, 2.45) is 0 Å². The third-order valence-electron chi connectivity index (χ3n) is 5.00. The van der Waals surface area contributed by atoms with Gasteiger partial charge in [0, 0.05) is 36.4 Å². The molecule has 0 aliphatic carbocycles. The number of hydrogen-bond acceptors (Lipinski definition) is 7. The number of carbonyl (C=O) groups is 1. The summed E-state index contributed by atoms with van der Waals surface area (Å²) < 4.78 is 7.28. The number of aromatic nitrogens is 6. The largest absolute Gasteiger partial charge is 0.424 e. The van der Waals surface area contributed by atoms with E-state index in [1.807, 2.05) is 31.2 Å². The fourth-order valence-corrected chi connectivity index (χ4v) is 3.69. The fraction of sp³-hybridized carbons (Fsp3) is 0.143. The summed E-state index contributed by atoms with van der Waals surface area (Å²) in [6.07, 6.45) is 3.48. The van der Waals surface area contributed by atoms with Crippen LogP contribution in [-0.2, 0) is 4.79 Å². The second-order valence-corrected chi connectivity index (χ2v) is 7.05. The van der Waals surface area contributed by atoms with Crippen LogP contribution < -0.4 is 15.6 Å². The summed E-state index contributed by atoms with van der Waals surface area (Å²) in [5, 5.41) is 13.9. The highest BCUT2D eigenvalue weighted by Crippen LogP contribution is 2.40. The molecule has 1 aromatic carbocycles. The molecule has 0 fully saturated rings. The minimum Gasteiger partial charge on any atom is -0.424 e. The molecule has 0 saturated heterocycles. The van der Waals surface area contributed by atoms with Crippen molar-refractivity contribution >= 4 is 11.7 Å². The van der Waals surface area contributed by atoms with Crippen molar-refractivity contribution in [3.63, 3.8) is 0 Å². The Labute approximate surface area is 175 Å². The van der Waals surface area contributed by atoms with Gasteiger partial charge in [0.15, 0.2) is 5.82 Å². The van der Waals surface area contributed by atoms with Gasteiger partial charge in [-0.05, 0) is 36.8 Å². The lowest BCUT2D eigenvalue weighted by molar-refractivity contribution is -0.116. The maximum absolute atomic E-state index is 12.6. The number of aryl methyl sites for hydroxylation is 1. The summed E-state index contributed by atoms with van der Waals surface area (Å²) in [7, 11) is 0. The lowest BCUT2D eigenvalue weighted by Gasteiger charge is -2.24.